The summed E-state index contributed by atoms with van der Waals surface area (Å²) < 4.78 is 19.2. The van der Waals surface area contributed by atoms with Gasteiger partial charge < -0.3 is 15.0 Å². The zero-order chi connectivity index (χ0) is 17.6. The molecule has 3 rings (SSSR count). The summed E-state index contributed by atoms with van der Waals surface area (Å²) in [7, 11) is 0. The smallest absolute Gasteiger partial charge is 0.254 e. The van der Waals surface area contributed by atoms with Crippen molar-refractivity contribution in [2.24, 2.45) is 0 Å². The molecule has 1 aliphatic rings. The monoisotopic (exact) mass is 363 g/mol. The lowest BCUT2D eigenvalue weighted by molar-refractivity contribution is -0.921. The molecule has 0 radical (unpaired) electrons. The molecule has 25 heavy (non-hydrogen) atoms. The van der Waals surface area contributed by atoms with Gasteiger partial charge in [-0.3, -0.25) is 4.79 Å². The maximum absolute atomic E-state index is 13.9. The predicted octanol–water partition coefficient (Wildman–Crippen LogP) is 1.82. The van der Waals surface area contributed by atoms with Crippen molar-refractivity contribution in [1.29, 1.82) is 0 Å². The van der Waals surface area contributed by atoms with Crippen molar-refractivity contribution >= 4 is 17.5 Å². The molecule has 0 saturated carbocycles. The van der Waals surface area contributed by atoms with E-state index < -0.39 is 11.7 Å². The van der Waals surface area contributed by atoms with Crippen LogP contribution in [0, 0.1) is 5.82 Å². The third-order valence-electron chi connectivity index (χ3n) is 4.37. The summed E-state index contributed by atoms with van der Waals surface area (Å²) in [6.07, 6.45) is 0. The lowest BCUT2D eigenvalue weighted by Crippen LogP contribution is -3.12. The second-order valence-electron chi connectivity index (χ2n) is 6.11. The van der Waals surface area contributed by atoms with E-state index in [0.29, 0.717) is 6.54 Å². The average molecular weight is 364 g/mol. The quantitative estimate of drug-likeness (QED) is 0.851. The van der Waals surface area contributed by atoms with Crippen molar-refractivity contribution in [2.45, 2.75) is 13.1 Å². The average Bonchev–Trinajstić information content (AvgIpc) is 2.61. The first-order valence-corrected chi connectivity index (χ1v) is 8.72. The molecule has 0 spiro atoms. The van der Waals surface area contributed by atoms with Gasteiger partial charge in [0.2, 0.25) is 0 Å². The Balaban J connectivity index is 1.65. The molecule has 0 aromatic heterocycles. The molecular formula is C19H21ClFN2O2+. The first-order chi connectivity index (χ1) is 12.1. The molecule has 0 aliphatic carbocycles. The summed E-state index contributed by atoms with van der Waals surface area (Å²) in [6.45, 7) is 4.78. The normalized spacial score (nSPS) is 15.1. The number of nitrogens with one attached hydrogen (secondary N) is 2. The highest BCUT2D eigenvalue weighted by atomic mass is 35.5. The van der Waals surface area contributed by atoms with Crippen molar-refractivity contribution in [3.05, 3.63) is 70.0 Å². The Kier molecular flexibility index (Phi) is 6.02. The number of quaternary nitrogens is 1. The zero-order valence-electron chi connectivity index (χ0n) is 13.9. The number of hydrogen-bond donors (Lipinski definition) is 2. The lowest BCUT2D eigenvalue weighted by Gasteiger charge is -2.24. The van der Waals surface area contributed by atoms with Gasteiger partial charge in [-0.1, -0.05) is 35.9 Å². The standard InChI is InChI=1S/C19H20ClFN2O2/c20-16-5-6-17(18(21)11-16)19(24)22-12-14-3-1-2-4-15(14)13-23-7-9-25-10-8-23/h1-6,11H,7-10,12-13H2,(H,22,24)/p+1. The van der Waals surface area contributed by atoms with Crippen molar-refractivity contribution in [1.82, 2.24) is 5.32 Å². The minimum atomic E-state index is -0.615. The molecule has 1 aliphatic heterocycles. The first kappa shape index (κ1) is 17.9. The van der Waals surface area contributed by atoms with Crippen LogP contribution < -0.4 is 10.2 Å². The number of amides is 1. The third kappa shape index (κ3) is 4.78. The number of benzene rings is 2. The van der Waals surface area contributed by atoms with Crippen molar-refractivity contribution in [2.75, 3.05) is 26.3 Å². The van der Waals surface area contributed by atoms with Crippen LogP contribution in [0.25, 0.3) is 0 Å². The van der Waals surface area contributed by atoms with Crippen LogP contribution in [-0.2, 0) is 17.8 Å². The van der Waals surface area contributed by atoms with Crippen LogP contribution >= 0.6 is 11.6 Å². The van der Waals surface area contributed by atoms with E-state index in [1.807, 2.05) is 18.2 Å². The fourth-order valence-electron chi connectivity index (χ4n) is 2.95. The van der Waals surface area contributed by atoms with Gasteiger partial charge in [0.25, 0.3) is 5.91 Å². The maximum atomic E-state index is 13.9. The van der Waals surface area contributed by atoms with Gasteiger partial charge in [0.15, 0.2) is 0 Å². The van der Waals surface area contributed by atoms with Gasteiger partial charge in [-0.25, -0.2) is 4.39 Å². The van der Waals surface area contributed by atoms with E-state index in [4.69, 9.17) is 16.3 Å². The third-order valence-corrected chi connectivity index (χ3v) is 4.61. The number of carbonyl (C=O) groups excluding carboxylic acids is 1. The molecule has 132 valence electrons. The maximum Gasteiger partial charge on any atom is 0.254 e. The molecule has 4 nitrogen and oxygen atoms in total. The molecule has 1 saturated heterocycles. The number of hydrogen-bond acceptors (Lipinski definition) is 2. The molecule has 6 heteroatoms. The molecular weight excluding hydrogens is 343 g/mol. The van der Waals surface area contributed by atoms with Crippen molar-refractivity contribution in [3.63, 3.8) is 0 Å². The van der Waals surface area contributed by atoms with Gasteiger partial charge in [0.05, 0.1) is 18.8 Å². The number of ether oxygens (including phenoxy) is 1. The van der Waals surface area contributed by atoms with Gasteiger partial charge in [0.1, 0.15) is 25.5 Å². The van der Waals surface area contributed by atoms with E-state index in [-0.39, 0.29) is 10.6 Å². The topological polar surface area (TPSA) is 42.8 Å². The molecule has 0 atom stereocenters. The second kappa shape index (κ2) is 8.43. The SMILES string of the molecule is O=C(NCc1ccccc1C[NH+]1CCOCC1)c1ccc(Cl)cc1F. The van der Waals surface area contributed by atoms with Crippen molar-refractivity contribution in [3.8, 4) is 0 Å². The Morgan fingerprint density at radius 3 is 2.60 bits per heavy atom. The number of carbonyl (C=O) groups is 1. The molecule has 2 N–H and O–H groups in total. The van der Waals surface area contributed by atoms with Crippen LogP contribution in [0.2, 0.25) is 5.02 Å². The fraction of sp³-hybridized carbons (Fsp3) is 0.316. The predicted molar refractivity (Wildman–Crippen MR) is 94.2 cm³/mol. The van der Waals surface area contributed by atoms with Crippen LogP contribution in [0.15, 0.2) is 42.5 Å². The van der Waals surface area contributed by atoms with Gasteiger partial charge in [-0.2, -0.15) is 0 Å². The van der Waals surface area contributed by atoms with Crippen LogP contribution in [0.1, 0.15) is 21.5 Å². The summed E-state index contributed by atoms with van der Waals surface area (Å²) in [5.41, 5.74) is 2.24. The van der Waals surface area contributed by atoms with Crippen LogP contribution in [0.4, 0.5) is 4.39 Å². The molecule has 1 fully saturated rings. The highest BCUT2D eigenvalue weighted by Gasteiger charge is 2.17. The highest BCUT2D eigenvalue weighted by molar-refractivity contribution is 6.30. The summed E-state index contributed by atoms with van der Waals surface area (Å²) in [6, 6.07) is 12.1. The second-order valence-corrected chi connectivity index (χ2v) is 6.55. The molecule has 0 unspecified atom stereocenters. The largest absolute Gasteiger partial charge is 0.370 e. The minimum Gasteiger partial charge on any atom is -0.370 e. The van der Waals surface area contributed by atoms with Gasteiger partial charge in [-0.05, 0) is 23.8 Å². The lowest BCUT2D eigenvalue weighted by atomic mass is 10.1. The Morgan fingerprint density at radius 2 is 1.88 bits per heavy atom. The number of rotatable bonds is 5. The van der Waals surface area contributed by atoms with Crippen LogP contribution in [0.5, 0.6) is 0 Å². The van der Waals surface area contributed by atoms with E-state index in [2.05, 4.69) is 11.4 Å². The fourth-order valence-corrected chi connectivity index (χ4v) is 3.11. The Labute approximate surface area is 151 Å². The highest BCUT2D eigenvalue weighted by Crippen LogP contribution is 2.15. The minimum absolute atomic E-state index is 0.000635. The van der Waals surface area contributed by atoms with E-state index in [9.17, 15) is 9.18 Å². The summed E-state index contributed by atoms with van der Waals surface area (Å²) >= 11 is 5.73. The van der Waals surface area contributed by atoms with E-state index >= 15 is 0 Å². The molecule has 1 heterocycles. The molecule has 1 amide bonds. The summed E-state index contributed by atoms with van der Waals surface area (Å²) in [5.74, 6) is -1.06. The number of halogens is 2. The van der Waals surface area contributed by atoms with Gasteiger partial charge in [-0.15, -0.1) is 0 Å². The molecule has 2 aromatic rings. The Hall–Kier alpha value is -1.95. The van der Waals surface area contributed by atoms with Crippen LogP contribution in [0.3, 0.4) is 0 Å². The molecule has 0 bridgehead atoms. The Bertz CT molecular complexity index is 748. The zero-order valence-corrected chi connectivity index (χ0v) is 14.6. The van der Waals surface area contributed by atoms with E-state index in [0.717, 1.165) is 44.5 Å². The van der Waals surface area contributed by atoms with Crippen molar-refractivity contribution < 1.29 is 18.8 Å². The van der Waals surface area contributed by atoms with E-state index in [1.54, 1.807) is 0 Å². The number of morpholine rings is 1. The van der Waals surface area contributed by atoms with Gasteiger partial charge in [0, 0.05) is 17.1 Å². The van der Waals surface area contributed by atoms with Gasteiger partial charge >= 0.3 is 0 Å². The molecule has 2 aromatic carbocycles. The first-order valence-electron chi connectivity index (χ1n) is 8.35. The van der Waals surface area contributed by atoms with Crippen LogP contribution in [-0.4, -0.2) is 32.2 Å². The Morgan fingerprint density at radius 1 is 1.16 bits per heavy atom. The summed E-state index contributed by atoms with van der Waals surface area (Å²) in [5, 5.41) is 3.07. The summed E-state index contributed by atoms with van der Waals surface area (Å²) in [4.78, 5) is 13.7. The van der Waals surface area contributed by atoms with E-state index in [1.165, 1.54) is 22.6 Å².